The van der Waals surface area contributed by atoms with Crippen molar-refractivity contribution in [1.29, 1.82) is 0 Å². The molecule has 0 radical (unpaired) electrons. The van der Waals surface area contributed by atoms with Gasteiger partial charge in [0.25, 0.3) is 5.91 Å². The van der Waals surface area contributed by atoms with Gasteiger partial charge in [-0.1, -0.05) is 0 Å². The summed E-state index contributed by atoms with van der Waals surface area (Å²) < 4.78 is 10.6. The number of hydrogen-bond acceptors (Lipinski definition) is 7. The number of aromatic nitrogens is 2. The molecule has 0 fully saturated rings. The third-order valence-electron chi connectivity index (χ3n) is 4.64. The highest BCUT2D eigenvalue weighted by molar-refractivity contribution is 7.20. The van der Waals surface area contributed by atoms with Crippen LogP contribution in [0.15, 0.2) is 47.1 Å². The van der Waals surface area contributed by atoms with Crippen LogP contribution in [-0.2, 0) is 4.74 Å². The van der Waals surface area contributed by atoms with Crippen molar-refractivity contribution in [3.05, 3.63) is 64.4 Å². The second kappa shape index (κ2) is 8.31. The second-order valence-electron chi connectivity index (χ2n) is 7.33. The summed E-state index contributed by atoms with van der Waals surface area (Å²) in [6.45, 7) is 7.38. The van der Waals surface area contributed by atoms with Gasteiger partial charge in [-0.25, -0.2) is 14.8 Å². The van der Waals surface area contributed by atoms with Gasteiger partial charge in [0.2, 0.25) is 0 Å². The molecule has 0 unspecified atom stereocenters. The van der Waals surface area contributed by atoms with E-state index in [0.29, 0.717) is 27.7 Å². The predicted octanol–water partition coefficient (Wildman–Crippen LogP) is 5.39. The summed E-state index contributed by atoms with van der Waals surface area (Å²) in [4.78, 5) is 35.3. The Morgan fingerprint density at radius 3 is 2.48 bits per heavy atom. The second-order valence-corrected chi connectivity index (χ2v) is 8.33. The van der Waals surface area contributed by atoms with E-state index in [9.17, 15) is 9.59 Å². The van der Waals surface area contributed by atoms with E-state index in [1.807, 2.05) is 13.8 Å². The Morgan fingerprint density at radius 1 is 1.10 bits per heavy atom. The van der Waals surface area contributed by atoms with E-state index in [-0.39, 0.29) is 12.0 Å². The van der Waals surface area contributed by atoms with Gasteiger partial charge in [0, 0.05) is 11.1 Å². The van der Waals surface area contributed by atoms with Gasteiger partial charge in [0.05, 0.1) is 28.5 Å². The Kier molecular flexibility index (Phi) is 5.56. The highest BCUT2D eigenvalue weighted by Gasteiger charge is 2.20. The molecule has 8 heteroatoms. The third-order valence-corrected chi connectivity index (χ3v) is 5.82. The van der Waals surface area contributed by atoms with E-state index in [2.05, 4.69) is 15.3 Å². The van der Waals surface area contributed by atoms with Gasteiger partial charge in [-0.05, 0) is 69.7 Å². The van der Waals surface area contributed by atoms with E-state index >= 15 is 0 Å². The molecule has 0 spiro atoms. The van der Waals surface area contributed by atoms with Crippen LogP contribution in [0.3, 0.4) is 0 Å². The van der Waals surface area contributed by atoms with Crippen LogP contribution in [0, 0.1) is 13.8 Å². The Morgan fingerprint density at radius 2 is 1.84 bits per heavy atom. The molecule has 0 aliphatic heterocycles. The molecule has 0 saturated carbocycles. The zero-order chi connectivity index (χ0) is 22.1. The van der Waals surface area contributed by atoms with E-state index in [0.717, 1.165) is 21.5 Å². The first kappa shape index (κ1) is 20.7. The van der Waals surface area contributed by atoms with Gasteiger partial charge in [0.15, 0.2) is 11.6 Å². The smallest absolute Gasteiger partial charge is 0.338 e. The minimum atomic E-state index is -0.394. The van der Waals surface area contributed by atoms with Crippen molar-refractivity contribution in [3.63, 3.8) is 0 Å². The number of hydrogen-bond donors (Lipinski definition) is 1. The number of aryl methyl sites for hydroxylation is 2. The quantitative estimate of drug-likeness (QED) is 0.423. The summed E-state index contributed by atoms with van der Waals surface area (Å²) in [6, 6.07) is 10.2. The molecule has 1 N–H and O–H groups in total. The molecular weight excluding hydrogens is 414 g/mol. The van der Waals surface area contributed by atoms with Crippen LogP contribution < -0.4 is 5.32 Å². The zero-order valence-electron chi connectivity index (χ0n) is 17.6. The van der Waals surface area contributed by atoms with Crippen LogP contribution in [0.25, 0.3) is 21.8 Å². The average Bonchev–Trinajstić information content (AvgIpc) is 3.36. The number of nitrogens with one attached hydrogen (secondary N) is 1. The lowest BCUT2D eigenvalue weighted by Crippen LogP contribution is -2.13. The molecule has 4 aromatic rings. The minimum absolute atomic E-state index is 0.192. The molecule has 7 nitrogen and oxygen atoms in total. The van der Waals surface area contributed by atoms with E-state index in [4.69, 9.17) is 9.15 Å². The van der Waals surface area contributed by atoms with Gasteiger partial charge in [-0.3, -0.25) is 4.79 Å². The number of carbonyl (C=O) groups is 2. The first-order valence-electron chi connectivity index (χ1n) is 9.77. The standard InChI is InChI=1S/C23H21N3O4S/c1-12(2)30-23(28)15-7-9-16(10-8-15)25-21(27)19-13(3)18-14(4)24-20(26-22(18)31-19)17-6-5-11-29-17/h5-12H,1-4H3,(H,25,27). The maximum atomic E-state index is 12.9. The molecule has 0 bridgehead atoms. The topological polar surface area (TPSA) is 94.3 Å². The third kappa shape index (κ3) is 4.20. The largest absolute Gasteiger partial charge is 0.461 e. The van der Waals surface area contributed by atoms with Crippen molar-refractivity contribution in [2.45, 2.75) is 33.8 Å². The number of benzene rings is 1. The number of anilines is 1. The predicted molar refractivity (Wildman–Crippen MR) is 120 cm³/mol. The number of furan rings is 1. The lowest BCUT2D eigenvalue weighted by molar-refractivity contribution is 0.0378. The van der Waals surface area contributed by atoms with Crippen molar-refractivity contribution >= 4 is 39.1 Å². The minimum Gasteiger partial charge on any atom is -0.461 e. The number of esters is 1. The number of carbonyl (C=O) groups excluding carboxylic acids is 2. The normalized spacial score (nSPS) is 11.1. The van der Waals surface area contributed by atoms with Crippen LogP contribution in [0.4, 0.5) is 5.69 Å². The van der Waals surface area contributed by atoms with Crippen molar-refractivity contribution in [1.82, 2.24) is 9.97 Å². The summed E-state index contributed by atoms with van der Waals surface area (Å²) in [5.41, 5.74) is 2.64. The van der Waals surface area contributed by atoms with Crippen molar-refractivity contribution in [2.24, 2.45) is 0 Å². The molecule has 1 aromatic carbocycles. The lowest BCUT2D eigenvalue weighted by Gasteiger charge is -2.09. The number of thiophene rings is 1. The molecule has 3 aromatic heterocycles. The Hall–Kier alpha value is -3.52. The molecule has 31 heavy (non-hydrogen) atoms. The highest BCUT2D eigenvalue weighted by atomic mass is 32.1. The van der Waals surface area contributed by atoms with Gasteiger partial charge in [-0.15, -0.1) is 11.3 Å². The van der Waals surface area contributed by atoms with Crippen molar-refractivity contribution in [2.75, 3.05) is 5.32 Å². The maximum absolute atomic E-state index is 12.9. The number of fused-ring (bicyclic) bond motifs is 1. The number of amides is 1. The fourth-order valence-electron chi connectivity index (χ4n) is 3.23. The Bertz CT molecular complexity index is 1260. The van der Waals surface area contributed by atoms with E-state index in [1.54, 1.807) is 56.5 Å². The summed E-state index contributed by atoms with van der Waals surface area (Å²) in [6.07, 6.45) is 1.38. The number of ether oxygens (including phenoxy) is 1. The highest BCUT2D eigenvalue weighted by Crippen LogP contribution is 2.33. The van der Waals surface area contributed by atoms with Gasteiger partial charge in [0.1, 0.15) is 4.83 Å². The summed E-state index contributed by atoms with van der Waals surface area (Å²) in [7, 11) is 0. The Labute approximate surface area is 183 Å². The van der Waals surface area contributed by atoms with Crippen molar-refractivity contribution < 1.29 is 18.7 Å². The first-order valence-corrected chi connectivity index (χ1v) is 10.6. The number of nitrogens with zero attached hydrogens (tertiary/aromatic N) is 2. The molecule has 0 saturated heterocycles. The molecular formula is C23H21N3O4S. The lowest BCUT2D eigenvalue weighted by atomic mass is 10.1. The SMILES string of the molecule is Cc1nc(-c2ccco2)nc2sc(C(=O)Nc3ccc(C(=O)OC(C)C)cc3)c(C)c12. The van der Waals surface area contributed by atoms with Crippen LogP contribution in [-0.4, -0.2) is 27.9 Å². The Balaban J connectivity index is 1.58. The van der Waals surface area contributed by atoms with E-state index in [1.165, 1.54) is 11.3 Å². The molecule has 0 aliphatic carbocycles. The fourth-order valence-corrected chi connectivity index (χ4v) is 4.36. The summed E-state index contributed by atoms with van der Waals surface area (Å²) in [5.74, 6) is 0.441. The average molecular weight is 436 g/mol. The van der Waals surface area contributed by atoms with Crippen LogP contribution >= 0.6 is 11.3 Å². The first-order chi connectivity index (χ1) is 14.8. The monoisotopic (exact) mass is 435 g/mol. The van der Waals surface area contributed by atoms with Gasteiger partial charge >= 0.3 is 5.97 Å². The van der Waals surface area contributed by atoms with Crippen molar-refractivity contribution in [3.8, 4) is 11.6 Å². The van der Waals surface area contributed by atoms with Crippen LogP contribution in [0.1, 0.15) is 45.1 Å². The fraction of sp³-hybridized carbons (Fsp3) is 0.217. The van der Waals surface area contributed by atoms with Gasteiger partial charge < -0.3 is 14.5 Å². The molecule has 158 valence electrons. The van der Waals surface area contributed by atoms with E-state index < -0.39 is 5.97 Å². The van der Waals surface area contributed by atoms with Crippen LogP contribution in [0.2, 0.25) is 0 Å². The molecule has 1 amide bonds. The molecule has 0 aliphatic rings. The van der Waals surface area contributed by atoms with Gasteiger partial charge in [-0.2, -0.15) is 0 Å². The number of rotatable bonds is 5. The molecule has 3 heterocycles. The zero-order valence-corrected chi connectivity index (χ0v) is 18.4. The van der Waals surface area contributed by atoms with Crippen LogP contribution in [0.5, 0.6) is 0 Å². The molecule has 0 atom stereocenters. The maximum Gasteiger partial charge on any atom is 0.338 e. The summed E-state index contributed by atoms with van der Waals surface area (Å²) in [5, 5.41) is 3.75. The molecule has 4 rings (SSSR count). The summed E-state index contributed by atoms with van der Waals surface area (Å²) >= 11 is 1.31.